The van der Waals surface area contributed by atoms with Crippen LogP contribution in [0, 0.1) is 0 Å². The molecule has 14 heteroatoms. The van der Waals surface area contributed by atoms with Gasteiger partial charge < -0.3 is 50.4 Å². The van der Waals surface area contributed by atoms with Gasteiger partial charge in [-0.25, -0.2) is 0 Å². The van der Waals surface area contributed by atoms with Gasteiger partial charge in [-0.3, -0.25) is 19.2 Å². The zero-order chi connectivity index (χ0) is 40.8. The van der Waals surface area contributed by atoms with E-state index in [1.165, 1.54) is 11.1 Å². The lowest BCUT2D eigenvalue weighted by Crippen LogP contribution is -2.57. The Balaban J connectivity index is 1.29. The van der Waals surface area contributed by atoms with Gasteiger partial charge in [0.25, 0.3) is 0 Å². The van der Waals surface area contributed by atoms with Crippen molar-refractivity contribution >= 4 is 45.4 Å². The molecule has 8 atom stereocenters. The minimum absolute atomic E-state index is 0.162. The van der Waals surface area contributed by atoms with Gasteiger partial charge in [0.1, 0.15) is 12.1 Å². The molecule has 8 rings (SSSR count). The molecule has 4 aromatic rings. The summed E-state index contributed by atoms with van der Waals surface area (Å²) in [5.74, 6) is -1.45. The number of likely N-dealkylation sites (N-methyl/N-ethyl adjacent to an activating group) is 2. The average molecular weight is 795 g/mol. The Hall–Kier alpha value is -4.76. The molecule has 0 radical (unpaired) electrons. The van der Waals surface area contributed by atoms with E-state index < -0.39 is 48.2 Å². The van der Waals surface area contributed by atoms with Crippen LogP contribution in [-0.4, -0.2) is 128 Å². The molecular formula is C44H58N8O6. The first kappa shape index (κ1) is 40.0. The van der Waals surface area contributed by atoms with Crippen LogP contribution in [0.3, 0.4) is 0 Å². The fraction of sp³-hybridized carbons (Fsp3) is 0.545. The second kappa shape index (κ2) is 16.5. The van der Waals surface area contributed by atoms with E-state index in [1.807, 2.05) is 9.80 Å². The lowest BCUT2D eigenvalue weighted by Gasteiger charge is -2.34. The largest absolute Gasteiger partial charge is 0.390 e. The van der Waals surface area contributed by atoms with Crippen molar-refractivity contribution in [3.63, 3.8) is 0 Å². The Morgan fingerprint density at radius 3 is 1.43 bits per heavy atom. The Labute approximate surface area is 339 Å². The number of nitrogens with zero attached hydrogens (tertiary/aromatic N) is 4. The normalized spacial score (nSPS) is 26.4. The van der Waals surface area contributed by atoms with Gasteiger partial charge in [-0.2, -0.15) is 0 Å². The third kappa shape index (κ3) is 7.18. The van der Waals surface area contributed by atoms with Crippen molar-refractivity contribution in [2.75, 3.05) is 27.2 Å². The van der Waals surface area contributed by atoms with E-state index in [0.717, 1.165) is 72.0 Å². The standard InChI is InChI=1S/C44H58N8O6/c1-25(45-3)41(55)47-33-23-37(53)38(54)24-34(48-42(56)26(2)46-4)44(58)50-18-10-12-28(50)22-32-30-14-6-8-16-36(30)52-20-19-51-35-15-7-5-13-29(35)31(39(51)40(32)52)21-27-11-9-17-49(27)43(33)57/h5-8,13-16,25-28,33-34,37-38,45-46,53-54H,9-12,17-24H2,1-4H3,(H,47,55)(H,48,56)/t25-,26-,27-,28-,33+,34?,37?,38?/m0/s1. The molecule has 6 heterocycles. The molecule has 6 N–H and O–H groups in total. The Morgan fingerprint density at radius 2 is 1.03 bits per heavy atom. The van der Waals surface area contributed by atoms with E-state index in [0.29, 0.717) is 25.9 Å². The van der Waals surface area contributed by atoms with E-state index >= 15 is 0 Å². The number of hydrogen-bond acceptors (Lipinski definition) is 8. The number of nitrogens with one attached hydrogen (secondary N) is 4. The predicted molar refractivity (Wildman–Crippen MR) is 222 cm³/mol. The summed E-state index contributed by atoms with van der Waals surface area (Å²) in [6.07, 6.45) is 0.846. The maximum absolute atomic E-state index is 14.7. The van der Waals surface area contributed by atoms with Gasteiger partial charge in [-0.1, -0.05) is 36.4 Å². The predicted octanol–water partition coefficient (Wildman–Crippen LogP) is 2.04. The number of aliphatic hydroxyl groups excluding tert-OH is 2. The Kier molecular flexibility index (Phi) is 11.4. The summed E-state index contributed by atoms with van der Waals surface area (Å²) in [5.41, 5.74) is 6.93. The van der Waals surface area contributed by atoms with Crippen LogP contribution >= 0.6 is 0 Å². The van der Waals surface area contributed by atoms with E-state index in [1.54, 1.807) is 27.9 Å². The molecule has 2 fully saturated rings. The highest BCUT2D eigenvalue weighted by atomic mass is 16.3. The van der Waals surface area contributed by atoms with Crippen molar-refractivity contribution < 1.29 is 29.4 Å². The number of aromatic nitrogens is 2. The average Bonchev–Trinajstić information content (AvgIpc) is 4.03. The summed E-state index contributed by atoms with van der Waals surface area (Å²) in [4.78, 5) is 59.9. The quantitative estimate of drug-likeness (QED) is 0.172. The molecular weight excluding hydrogens is 737 g/mol. The number of hydrogen-bond donors (Lipinski definition) is 6. The van der Waals surface area contributed by atoms with E-state index in [-0.39, 0.29) is 36.7 Å². The summed E-state index contributed by atoms with van der Waals surface area (Å²) in [7, 11) is 3.31. The molecule has 0 saturated carbocycles. The van der Waals surface area contributed by atoms with E-state index in [9.17, 15) is 29.4 Å². The molecule has 4 aliphatic heterocycles. The van der Waals surface area contributed by atoms with Gasteiger partial charge in [0.2, 0.25) is 23.6 Å². The fourth-order valence-electron chi connectivity index (χ4n) is 10.0. The summed E-state index contributed by atoms with van der Waals surface area (Å²) in [6.45, 7) is 5.95. The van der Waals surface area contributed by atoms with Crippen LogP contribution in [0.1, 0.15) is 63.5 Å². The molecule has 4 amide bonds. The van der Waals surface area contributed by atoms with Crippen LogP contribution in [0.4, 0.5) is 0 Å². The number of fused-ring (bicyclic) bond motifs is 8. The van der Waals surface area contributed by atoms with Gasteiger partial charge in [-0.15, -0.1) is 0 Å². The smallest absolute Gasteiger partial charge is 0.245 e. The number of rotatable bonds is 6. The van der Waals surface area contributed by atoms with Crippen LogP contribution in [0.2, 0.25) is 0 Å². The number of aliphatic hydroxyl groups is 2. The van der Waals surface area contributed by atoms with Crippen molar-refractivity contribution in [3.05, 3.63) is 59.7 Å². The number of amides is 4. The van der Waals surface area contributed by atoms with Crippen LogP contribution in [0.5, 0.6) is 0 Å². The van der Waals surface area contributed by atoms with Gasteiger partial charge in [0, 0.05) is 72.9 Å². The lowest BCUT2D eigenvalue weighted by atomic mass is 9.93. The van der Waals surface area contributed by atoms with Crippen molar-refractivity contribution in [2.24, 2.45) is 0 Å². The molecule has 0 bridgehead atoms. The fourth-order valence-corrected chi connectivity index (χ4v) is 10.0. The molecule has 2 aromatic carbocycles. The molecule has 0 aliphatic carbocycles. The third-order valence-corrected chi connectivity index (χ3v) is 13.4. The van der Waals surface area contributed by atoms with Crippen LogP contribution in [-0.2, 0) is 45.1 Å². The van der Waals surface area contributed by atoms with Crippen molar-refractivity contribution in [2.45, 2.75) is 127 Å². The Morgan fingerprint density at radius 1 is 0.638 bits per heavy atom. The lowest BCUT2D eigenvalue weighted by molar-refractivity contribution is -0.140. The number of carbonyl (C=O) groups is 4. The summed E-state index contributed by atoms with van der Waals surface area (Å²) < 4.78 is 4.88. The molecule has 4 aliphatic rings. The number of aryl methyl sites for hydroxylation is 2. The Bertz CT molecular complexity index is 2060. The minimum Gasteiger partial charge on any atom is -0.390 e. The highest BCUT2D eigenvalue weighted by molar-refractivity contribution is 5.98. The second-order valence-electron chi connectivity index (χ2n) is 16.8. The summed E-state index contributed by atoms with van der Waals surface area (Å²) in [5, 5.41) is 37.1. The monoisotopic (exact) mass is 794 g/mol. The number of para-hydroxylation sites is 2. The van der Waals surface area contributed by atoms with E-state index in [4.69, 9.17) is 0 Å². The van der Waals surface area contributed by atoms with Crippen LogP contribution in [0.15, 0.2) is 48.5 Å². The van der Waals surface area contributed by atoms with Crippen LogP contribution < -0.4 is 21.3 Å². The highest BCUT2D eigenvalue weighted by Gasteiger charge is 2.42. The van der Waals surface area contributed by atoms with Crippen LogP contribution in [0.25, 0.3) is 33.2 Å². The summed E-state index contributed by atoms with van der Waals surface area (Å²) >= 11 is 0. The van der Waals surface area contributed by atoms with Gasteiger partial charge in [0.15, 0.2) is 0 Å². The van der Waals surface area contributed by atoms with Gasteiger partial charge in [-0.05, 0) is 89.7 Å². The van der Waals surface area contributed by atoms with Crippen molar-refractivity contribution in [1.82, 2.24) is 40.2 Å². The zero-order valence-corrected chi connectivity index (χ0v) is 34.0. The molecule has 2 aromatic heterocycles. The number of benzene rings is 2. The molecule has 58 heavy (non-hydrogen) atoms. The van der Waals surface area contributed by atoms with Gasteiger partial charge in [0.05, 0.1) is 35.7 Å². The topological polar surface area (TPSA) is 173 Å². The molecule has 2 saturated heterocycles. The third-order valence-electron chi connectivity index (χ3n) is 13.4. The van der Waals surface area contributed by atoms with Crippen molar-refractivity contribution in [3.8, 4) is 11.4 Å². The molecule has 14 nitrogen and oxygen atoms in total. The second-order valence-corrected chi connectivity index (χ2v) is 16.8. The summed E-state index contributed by atoms with van der Waals surface area (Å²) in [6, 6.07) is 13.2. The van der Waals surface area contributed by atoms with Crippen molar-refractivity contribution in [1.29, 1.82) is 0 Å². The molecule has 310 valence electrons. The highest BCUT2D eigenvalue weighted by Crippen LogP contribution is 2.45. The zero-order valence-electron chi connectivity index (χ0n) is 34.0. The number of carbonyl (C=O) groups excluding carboxylic acids is 4. The molecule has 0 spiro atoms. The minimum atomic E-state index is -1.49. The SMILES string of the molecule is CN[C@@H](C)C(=O)NC1CC(O)C(O)C[C@@H](NC(=O)[C@H](C)NC)C(=O)N2CCC[C@H]2Cc2c3n(c4ccccc24)CCn2c-3c(c3ccccc32)C[C@@H]2CCCN2C1=O. The first-order valence-electron chi connectivity index (χ1n) is 21.1. The first-order chi connectivity index (χ1) is 28.0. The maximum atomic E-state index is 14.7. The van der Waals surface area contributed by atoms with Gasteiger partial charge >= 0.3 is 0 Å². The molecule has 3 unspecified atom stereocenters. The van der Waals surface area contributed by atoms with E-state index in [2.05, 4.69) is 78.9 Å². The first-order valence-corrected chi connectivity index (χ1v) is 21.1. The maximum Gasteiger partial charge on any atom is 0.245 e.